The quantitative estimate of drug-likeness (QED) is 0.740. The molecule has 2 rings (SSSR count). The van der Waals surface area contributed by atoms with E-state index >= 15 is 0 Å². The van der Waals surface area contributed by atoms with Crippen molar-refractivity contribution in [3.05, 3.63) is 56.0 Å². The fourth-order valence-electron chi connectivity index (χ4n) is 1.90. The standard InChI is InChI=1S/C14H11Cl4N/c15-10-2-1-8(3-4-19)11(7-10)9-5-12(16)14(18)13(17)6-9/h1-2,5-7H,3-4,19H2. The van der Waals surface area contributed by atoms with E-state index in [0.717, 1.165) is 23.1 Å². The molecule has 0 heterocycles. The molecule has 2 aromatic carbocycles. The third-order valence-electron chi connectivity index (χ3n) is 2.78. The lowest BCUT2D eigenvalue weighted by molar-refractivity contribution is 0.971. The molecule has 1 nitrogen and oxygen atoms in total. The molecule has 0 radical (unpaired) electrons. The first-order chi connectivity index (χ1) is 9.02. The van der Waals surface area contributed by atoms with Gasteiger partial charge in [0, 0.05) is 5.02 Å². The van der Waals surface area contributed by atoms with Crippen LogP contribution in [0, 0.1) is 0 Å². The van der Waals surface area contributed by atoms with Crippen molar-refractivity contribution in [3.63, 3.8) is 0 Å². The van der Waals surface area contributed by atoms with Crippen LogP contribution in [-0.4, -0.2) is 6.54 Å². The average molecular weight is 335 g/mol. The molecular weight excluding hydrogens is 324 g/mol. The molecule has 100 valence electrons. The lowest BCUT2D eigenvalue weighted by Gasteiger charge is -2.11. The Kier molecular flexibility index (Phi) is 4.99. The molecule has 0 spiro atoms. The topological polar surface area (TPSA) is 26.0 Å². The Morgan fingerprint density at radius 1 is 0.895 bits per heavy atom. The lowest BCUT2D eigenvalue weighted by Crippen LogP contribution is -2.04. The molecule has 0 atom stereocenters. The summed E-state index contributed by atoms with van der Waals surface area (Å²) in [6, 6.07) is 9.24. The van der Waals surface area contributed by atoms with Crippen LogP contribution in [0.25, 0.3) is 11.1 Å². The number of hydrogen-bond acceptors (Lipinski definition) is 1. The van der Waals surface area contributed by atoms with E-state index in [-0.39, 0.29) is 0 Å². The van der Waals surface area contributed by atoms with Gasteiger partial charge in [0.25, 0.3) is 0 Å². The van der Waals surface area contributed by atoms with Gasteiger partial charge < -0.3 is 5.73 Å². The van der Waals surface area contributed by atoms with E-state index in [0.29, 0.717) is 26.6 Å². The fraction of sp³-hybridized carbons (Fsp3) is 0.143. The maximum atomic E-state index is 6.06. The third-order valence-corrected chi connectivity index (χ3v) is 4.21. The van der Waals surface area contributed by atoms with Crippen molar-refractivity contribution in [2.45, 2.75) is 6.42 Å². The van der Waals surface area contributed by atoms with Crippen molar-refractivity contribution in [1.82, 2.24) is 0 Å². The van der Waals surface area contributed by atoms with E-state index in [2.05, 4.69) is 0 Å². The predicted molar refractivity (Wildman–Crippen MR) is 84.7 cm³/mol. The van der Waals surface area contributed by atoms with Crippen molar-refractivity contribution < 1.29 is 0 Å². The van der Waals surface area contributed by atoms with E-state index in [1.807, 2.05) is 18.2 Å². The zero-order chi connectivity index (χ0) is 14.0. The van der Waals surface area contributed by atoms with E-state index < -0.39 is 0 Å². The molecule has 0 aliphatic heterocycles. The minimum absolute atomic E-state index is 0.356. The molecular formula is C14H11Cl4N. The van der Waals surface area contributed by atoms with Gasteiger partial charge in [0.1, 0.15) is 0 Å². The molecule has 0 unspecified atom stereocenters. The SMILES string of the molecule is NCCc1ccc(Cl)cc1-c1cc(Cl)c(Cl)c(Cl)c1. The van der Waals surface area contributed by atoms with E-state index in [9.17, 15) is 0 Å². The maximum absolute atomic E-state index is 6.06. The van der Waals surface area contributed by atoms with Crippen LogP contribution in [0.1, 0.15) is 5.56 Å². The second-order valence-corrected chi connectivity index (χ2v) is 5.72. The molecule has 2 aromatic rings. The second-order valence-electron chi connectivity index (χ2n) is 4.09. The molecule has 0 fully saturated rings. The highest BCUT2D eigenvalue weighted by atomic mass is 35.5. The number of benzene rings is 2. The molecule has 0 saturated heterocycles. The normalized spacial score (nSPS) is 10.8. The van der Waals surface area contributed by atoms with E-state index in [4.69, 9.17) is 52.1 Å². The molecule has 0 aliphatic carbocycles. The van der Waals surface area contributed by atoms with Crippen molar-refractivity contribution in [2.24, 2.45) is 5.73 Å². The van der Waals surface area contributed by atoms with Crippen LogP contribution in [0.3, 0.4) is 0 Å². The summed E-state index contributed by atoms with van der Waals surface area (Å²) in [6.45, 7) is 0.559. The van der Waals surface area contributed by atoms with Gasteiger partial charge in [0.05, 0.1) is 15.1 Å². The van der Waals surface area contributed by atoms with Crippen LogP contribution >= 0.6 is 46.4 Å². The second kappa shape index (κ2) is 6.34. The van der Waals surface area contributed by atoms with Crippen LogP contribution in [0.15, 0.2) is 30.3 Å². The van der Waals surface area contributed by atoms with Crippen LogP contribution in [-0.2, 0) is 6.42 Å². The summed E-state index contributed by atoms with van der Waals surface area (Å²) in [6.07, 6.45) is 0.754. The summed E-state index contributed by atoms with van der Waals surface area (Å²) < 4.78 is 0. The molecule has 19 heavy (non-hydrogen) atoms. The molecule has 0 amide bonds. The molecule has 0 bridgehead atoms. The van der Waals surface area contributed by atoms with Gasteiger partial charge in [-0.15, -0.1) is 0 Å². The fourth-order valence-corrected chi connectivity index (χ4v) is 2.67. The summed E-state index contributed by atoms with van der Waals surface area (Å²) in [5, 5.41) is 1.85. The highest BCUT2D eigenvalue weighted by Crippen LogP contribution is 2.37. The van der Waals surface area contributed by atoms with Crippen LogP contribution in [0.4, 0.5) is 0 Å². The smallest absolute Gasteiger partial charge is 0.0778 e. The van der Waals surface area contributed by atoms with Crippen molar-refractivity contribution in [3.8, 4) is 11.1 Å². The van der Waals surface area contributed by atoms with Gasteiger partial charge in [-0.1, -0.05) is 52.5 Å². The van der Waals surface area contributed by atoms with Gasteiger partial charge in [-0.25, -0.2) is 0 Å². The Balaban J connectivity index is 2.60. The van der Waals surface area contributed by atoms with Gasteiger partial charge in [-0.3, -0.25) is 0 Å². The van der Waals surface area contributed by atoms with Crippen LogP contribution in [0.2, 0.25) is 20.1 Å². The molecule has 0 saturated carbocycles. The molecule has 0 aromatic heterocycles. The van der Waals surface area contributed by atoms with Gasteiger partial charge in [0.2, 0.25) is 0 Å². The van der Waals surface area contributed by atoms with E-state index in [1.165, 1.54) is 0 Å². The third kappa shape index (κ3) is 3.36. The first-order valence-electron chi connectivity index (χ1n) is 5.66. The summed E-state index contributed by atoms with van der Waals surface area (Å²) in [7, 11) is 0. The predicted octanol–water partition coefficient (Wildman–Crippen LogP) is 5.47. The number of hydrogen-bond donors (Lipinski definition) is 1. The molecule has 5 heteroatoms. The first-order valence-corrected chi connectivity index (χ1v) is 7.17. The average Bonchev–Trinajstić information content (AvgIpc) is 2.37. The Bertz CT molecular complexity index is 587. The molecule has 2 N–H and O–H groups in total. The van der Waals surface area contributed by atoms with Gasteiger partial charge in [-0.05, 0) is 53.9 Å². The minimum atomic E-state index is 0.356. The maximum Gasteiger partial charge on any atom is 0.0778 e. The van der Waals surface area contributed by atoms with Gasteiger partial charge in [-0.2, -0.15) is 0 Å². The molecule has 0 aliphatic rings. The Hall–Kier alpha value is -0.440. The number of rotatable bonds is 3. The highest BCUT2D eigenvalue weighted by Gasteiger charge is 2.11. The summed E-state index contributed by atoms with van der Waals surface area (Å²) in [5.74, 6) is 0. The van der Waals surface area contributed by atoms with Crippen molar-refractivity contribution in [2.75, 3.05) is 6.54 Å². The Labute approximate surface area is 132 Å². The zero-order valence-electron chi connectivity index (χ0n) is 9.89. The van der Waals surface area contributed by atoms with Crippen molar-refractivity contribution in [1.29, 1.82) is 0 Å². The Morgan fingerprint density at radius 3 is 2.11 bits per heavy atom. The highest BCUT2D eigenvalue weighted by molar-refractivity contribution is 6.48. The van der Waals surface area contributed by atoms with E-state index in [1.54, 1.807) is 12.1 Å². The minimum Gasteiger partial charge on any atom is -0.330 e. The van der Waals surface area contributed by atoms with Gasteiger partial charge in [0.15, 0.2) is 0 Å². The summed E-state index contributed by atoms with van der Waals surface area (Å²) in [5.41, 5.74) is 8.57. The monoisotopic (exact) mass is 333 g/mol. The largest absolute Gasteiger partial charge is 0.330 e. The van der Waals surface area contributed by atoms with Gasteiger partial charge >= 0.3 is 0 Å². The van der Waals surface area contributed by atoms with Crippen LogP contribution < -0.4 is 5.73 Å². The summed E-state index contributed by atoms with van der Waals surface area (Å²) >= 11 is 24.1. The number of halogens is 4. The Morgan fingerprint density at radius 2 is 1.53 bits per heavy atom. The van der Waals surface area contributed by atoms with Crippen molar-refractivity contribution >= 4 is 46.4 Å². The summed E-state index contributed by atoms with van der Waals surface area (Å²) in [4.78, 5) is 0. The zero-order valence-corrected chi connectivity index (χ0v) is 12.9. The number of nitrogens with two attached hydrogens (primary N) is 1. The lowest BCUT2D eigenvalue weighted by atomic mass is 9.98. The first kappa shape index (κ1) is 15.0. The van der Waals surface area contributed by atoms with Crippen LogP contribution in [0.5, 0.6) is 0 Å².